The molecule has 1 saturated heterocycles. The zero-order valence-electron chi connectivity index (χ0n) is 18.2. The largest absolute Gasteiger partial charge is 0.492 e. The van der Waals surface area contributed by atoms with E-state index in [0.717, 1.165) is 30.9 Å². The number of hydrazone groups is 1. The van der Waals surface area contributed by atoms with Crippen LogP contribution in [-0.2, 0) is 20.7 Å². The van der Waals surface area contributed by atoms with E-state index in [1.807, 2.05) is 29.6 Å². The molecule has 2 atom stereocenters. The number of hydrogen-bond acceptors (Lipinski definition) is 9. The first kappa shape index (κ1) is 23.2. The molecule has 2 aromatic rings. The Balaban J connectivity index is 1.39. The van der Waals surface area contributed by atoms with Gasteiger partial charge in [-0.05, 0) is 50.6 Å². The zero-order chi connectivity index (χ0) is 22.1. The van der Waals surface area contributed by atoms with Crippen molar-refractivity contribution in [2.24, 2.45) is 5.10 Å². The van der Waals surface area contributed by atoms with Gasteiger partial charge in [-0.25, -0.2) is 4.98 Å². The number of nitrogens with one attached hydrogen (secondary N) is 1. The van der Waals surface area contributed by atoms with Gasteiger partial charge >= 0.3 is 5.97 Å². The first-order valence-electron chi connectivity index (χ1n) is 10.5. The summed E-state index contributed by atoms with van der Waals surface area (Å²) in [4.78, 5) is 18.2. The van der Waals surface area contributed by atoms with Crippen LogP contribution in [0.1, 0.15) is 32.0 Å². The van der Waals surface area contributed by atoms with Crippen LogP contribution >= 0.6 is 11.3 Å². The summed E-state index contributed by atoms with van der Waals surface area (Å²) in [5.41, 5.74) is 4.50. The Kier molecular flexibility index (Phi) is 8.81. The van der Waals surface area contributed by atoms with Crippen LogP contribution in [0.2, 0.25) is 0 Å². The molecule has 2 heterocycles. The minimum Gasteiger partial charge on any atom is -0.492 e. The number of hydrogen-bond donors (Lipinski definition) is 1. The van der Waals surface area contributed by atoms with E-state index in [1.54, 1.807) is 13.1 Å². The maximum atomic E-state index is 11.5. The minimum atomic E-state index is -0.278. The van der Waals surface area contributed by atoms with Gasteiger partial charge in [0.05, 0.1) is 37.1 Å². The van der Waals surface area contributed by atoms with Crippen molar-refractivity contribution in [3.8, 4) is 5.75 Å². The number of esters is 1. The van der Waals surface area contributed by atoms with Crippen LogP contribution in [0.3, 0.4) is 0 Å². The summed E-state index contributed by atoms with van der Waals surface area (Å²) in [6, 6.07) is 7.78. The molecule has 0 spiro atoms. The molecule has 0 radical (unpaired) electrons. The van der Waals surface area contributed by atoms with Crippen molar-refractivity contribution in [1.82, 2.24) is 9.88 Å². The first-order chi connectivity index (χ1) is 15.0. The molecule has 2 unspecified atom stereocenters. The third kappa shape index (κ3) is 7.93. The molecule has 1 fully saturated rings. The molecule has 0 aliphatic carbocycles. The van der Waals surface area contributed by atoms with Crippen LogP contribution in [0.15, 0.2) is 34.7 Å². The Bertz CT molecular complexity index is 845. The summed E-state index contributed by atoms with van der Waals surface area (Å²) >= 11 is 1.39. The van der Waals surface area contributed by atoms with Gasteiger partial charge in [0.25, 0.3) is 0 Å². The van der Waals surface area contributed by atoms with Gasteiger partial charge < -0.3 is 14.2 Å². The number of benzene rings is 1. The van der Waals surface area contributed by atoms with Gasteiger partial charge in [0, 0.05) is 25.0 Å². The quantitative estimate of drug-likeness (QED) is 0.341. The Morgan fingerprint density at radius 3 is 2.77 bits per heavy atom. The maximum absolute atomic E-state index is 11.5. The SMILES string of the molecule is CCOC(=O)Cc1csc(NN=Cc2ccc(OCCN3CC(C)OC(C)C3)cc2)n1. The molecule has 31 heavy (non-hydrogen) atoms. The van der Waals surface area contributed by atoms with E-state index >= 15 is 0 Å². The third-order valence-corrected chi connectivity index (χ3v) is 5.40. The summed E-state index contributed by atoms with van der Waals surface area (Å²) in [5.74, 6) is 0.558. The van der Waals surface area contributed by atoms with E-state index in [1.165, 1.54) is 11.3 Å². The minimum absolute atomic E-state index is 0.167. The molecule has 3 rings (SSSR count). The van der Waals surface area contributed by atoms with E-state index < -0.39 is 0 Å². The zero-order valence-corrected chi connectivity index (χ0v) is 19.1. The number of ether oxygens (including phenoxy) is 3. The third-order valence-electron chi connectivity index (χ3n) is 4.61. The highest BCUT2D eigenvalue weighted by atomic mass is 32.1. The number of rotatable bonds is 10. The van der Waals surface area contributed by atoms with Crippen LogP contribution in [-0.4, -0.2) is 67.1 Å². The fourth-order valence-corrected chi connectivity index (χ4v) is 4.03. The van der Waals surface area contributed by atoms with Gasteiger partial charge in [-0.2, -0.15) is 5.10 Å². The number of carbonyl (C=O) groups is 1. The van der Waals surface area contributed by atoms with Crippen LogP contribution in [0, 0.1) is 0 Å². The monoisotopic (exact) mass is 446 g/mol. The standard InChI is InChI=1S/C22H30N4O4S/c1-4-28-21(27)11-19-15-31-22(24-19)25-23-12-18-5-7-20(8-6-18)29-10-9-26-13-16(2)30-17(3)14-26/h5-8,12,15-17H,4,9-11,13-14H2,1-3H3,(H,24,25). The molecule has 1 aromatic carbocycles. The van der Waals surface area contributed by atoms with Gasteiger partial charge in [-0.1, -0.05) is 0 Å². The second kappa shape index (κ2) is 11.8. The predicted molar refractivity (Wildman–Crippen MR) is 122 cm³/mol. The van der Waals surface area contributed by atoms with Crippen molar-refractivity contribution in [2.75, 3.05) is 38.3 Å². The second-order valence-electron chi connectivity index (χ2n) is 7.43. The van der Waals surface area contributed by atoms with Crippen molar-refractivity contribution >= 4 is 28.7 Å². The lowest BCUT2D eigenvalue weighted by atomic mass is 10.2. The summed E-state index contributed by atoms with van der Waals surface area (Å²) in [5, 5.41) is 6.65. The molecule has 1 aromatic heterocycles. The highest BCUT2D eigenvalue weighted by molar-refractivity contribution is 7.13. The fraction of sp³-hybridized carbons (Fsp3) is 0.500. The van der Waals surface area contributed by atoms with Gasteiger partial charge in [-0.15, -0.1) is 11.3 Å². The molecule has 0 amide bonds. The van der Waals surface area contributed by atoms with Crippen LogP contribution < -0.4 is 10.2 Å². The molecule has 8 nitrogen and oxygen atoms in total. The Hall–Kier alpha value is -2.49. The first-order valence-corrected chi connectivity index (χ1v) is 11.4. The Labute approximate surface area is 187 Å². The molecule has 168 valence electrons. The summed E-state index contributed by atoms with van der Waals surface area (Å²) in [6.45, 7) is 9.79. The van der Waals surface area contributed by atoms with Crippen LogP contribution in [0.5, 0.6) is 5.75 Å². The van der Waals surface area contributed by atoms with Gasteiger partial charge in [0.1, 0.15) is 12.4 Å². The lowest BCUT2D eigenvalue weighted by Crippen LogP contribution is -2.46. The molecule has 9 heteroatoms. The topological polar surface area (TPSA) is 85.3 Å². The maximum Gasteiger partial charge on any atom is 0.311 e. The summed E-state index contributed by atoms with van der Waals surface area (Å²) < 4.78 is 16.6. The van der Waals surface area contributed by atoms with Crippen LogP contribution in [0.25, 0.3) is 0 Å². The fourth-order valence-electron chi connectivity index (χ4n) is 3.37. The molecular weight excluding hydrogens is 416 g/mol. The molecule has 1 N–H and O–H groups in total. The Morgan fingerprint density at radius 1 is 1.32 bits per heavy atom. The molecule has 1 aliphatic rings. The van der Waals surface area contributed by atoms with E-state index in [0.29, 0.717) is 24.0 Å². The average molecular weight is 447 g/mol. The van der Waals surface area contributed by atoms with Crippen molar-refractivity contribution in [3.63, 3.8) is 0 Å². The lowest BCUT2D eigenvalue weighted by Gasteiger charge is -2.35. The van der Waals surface area contributed by atoms with Crippen molar-refractivity contribution in [3.05, 3.63) is 40.9 Å². The lowest BCUT2D eigenvalue weighted by molar-refractivity contribution is -0.142. The highest BCUT2D eigenvalue weighted by Crippen LogP contribution is 2.16. The predicted octanol–water partition coefficient (Wildman–Crippen LogP) is 3.18. The van der Waals surface area contributed by atoms with E-state index in [2.05, 4.69) is 34.3 Å². The molecular formula is C22H30N4O4S. The Morgan fingerprint density at radius 2 is 2.06 bits per heavy atom. The molecule has 1 aliphatic heterocycles. The average Bonchev–Trinajstić information content (AvgIpc) is 3.16. The number of carbonyl (C=O) groups excluding carboxylic acids is 1. The summed E-state index contributed by atoms with van der Waals surface area (Å²) in [6.07, 6.45) is 2.42. The van der Waals surface area contributed by atoms with E-state index in [9.17, 15) is 4.79 Å². The van der Waals surface area contributed by atoms with Gasteiger partial charge in [-0.3, -0.25) is 15.1 Å². The number of thiazole rings is 1. The smallest absolute Gasteiger partial charge is 0.311 e. The molecule has 0 saturated carbocycles. The highest BCUT2D eigenvalue weighted by Gasteiger charge is 2.21. The number of morpholine rings is 1. The van der Waals surface area contributed by atoms with E-state index in [4.69, 9.17) is 14.2 Å². The molecule has 0 bridgehead atoms. The normalized spacial score (nSPS) is 19.5. The van der Waals surface area contributed by atoms with Crippen molar-refractivity contribution < 1.29 is 19.0 Å². The van der Waals surface area contributed by atoms with Crippen LogP contribution in [0.4, 0.5) is 5.13 Å². The summed E-state index contributed by atoms with van der Waals surface area (Å²) in [7, 11) is 0. The number of aromatic nitrogens is 1. The second-order valence-corrected chi connectivity index (χ2v) is 8.29. The van der Waals surface area contributed by atoms with Gasteiger partial charge in [0.2, 0.25) is 5.13 Å². The van der Waals surface area contributed by atoms with Crippen molar-refractivity contribution in [1.29, 1.82) is 0 Å². The van der Waals surface area contributed by atoms with E-state index in [-0.39, 0.29) is 24.6 Å². The number of nitrogens with zero attached hydrogens (tertiary/aromatic N) is 3. The van der Waals surface area contributed by atoms with Gasteiger partial charge in [0.15, 0.2) is 0 Å². The van der Waals surface area contributed by atoms with Crippen molar-refractivity contribution in [2.45, 2.75) is 39.4 Å². The number of anilines is 1.